The van der Waals surface area contributed by atoms with Crippen molar-refractivity contribution in [1.82, 2.24) is 15.2 Å². The second-order valence-corrected chi connectivity index (χ2v) is 6.35. The van der Waals surface area contributed by atoms with Gasteiger partial charge >= 0.3 is 0 Å². The van der Waals surface area contributed by atoms with Crippen molar-refractivity contribution >= 4 is 17.5 Å². The molecule has 3 aromatic rings. The van der Waals surface area contributed by atoms with E-state index in [0.29, 0.717) is 24.2 Å². The van der Waals surface area contributed by atoms with E-state index < -0.39 is 0 Å². The van der Waals surface area contributed by atoms with Crippen LogP contribution in [0.4, 0.5) is 17.5 Å². The Bertz CT molecular complexity index is 827. The van der Waals surface area contributed by atoms with E-state index in [1.165, 1.54) is 16.7 Å². The molecule has 0 bridgehead atoms. The molecule has 0 saturated heterocycles. The quantitative estimate of drug-likeness (QED) is 0.687. The first-order valence-electron chi connectivity index (χ1n) is 8.47. The van der Waals surface area contributed by atoms with E-state index in [1.54, 1.807) is 6.20 Å². The number of aromatic nitrogens is 3. The molecule has 0 atom stereocenters. The Morgan fingerprint density at radius 2 is 1.76 bits per heavy atom. The van der Waals surface area contributed by atoms with Crippen LogP contribution in [-0.2, 0) is 6.54 Å². The van der Waals surface area contributed by atoms with Gasteiger partial charge in [0.25, 0.3) is 0 Å². The summed E-state index contributed by atoms with van der Waals surface area (Å²) in [6, 6.07) is 16.6. The lowest BCUT2D eigenvalue weighted by Crippen LogP contribution is -2.06. The lowest BCUT2D eigenvalue weighted by atomic mass is 10.0. The molecule has 25 heavy (non-hydrogen) atoms. The van der Waals surface area contributed by atoms with Crippen LogP contribution in [0, 0.1) is 6.92 Å². The molecule has 0 saturated carbocycles. The summed E-state index contributed by atoms with van der Waals surface area (Å²) in [4.78, 5) is 4.47. The molecule has 128 valence electrons. The predicted molar refractivity (Wildman–Crippen MR) is 102 cm³/mol. The van der Waals surface area contributed by atoms with Crippen LogP contribution in [0.1, 0.15) is 36.5 Å². The summed E-state index contributed by atoms with van der Waals surface area (Å²) in [6.45, 7) is 7.16. The molecule has 0 radical (unpaired) electrons. The third kappa shape index (κ3) is 4.53. The van der Waals surface area contributed by atoms with Gasteiger partial charge in [-0.15, -0.1) is 5.10 Å². The summed E-state index contributed by atoms with van der Waals surface area (Å²) in [6.07, 6.45) is 1.63. The molecule has 0 aliphatic carbocycles. The molecule has 2 aromatic carbocycles. The molecule has 2 N–H and O–H groups in total. The first-order valence-corrected chi connectivity index (χ1v) is 8.47. The van der Waals surface area contributed by atoms with Crippen LogP contribution in [0.5, 0.6) is 0 Å². The van der Waals surface area contributed by atoms with Gasteiger partial charge in [0.2, 0.25) is 5.95 Å². The fourth-order valence-corrected chi connectivity index (χ4v) is 2.52. The van der Waals surface area contributed by atoms with Crippen molar-refractivity contribution in [1.29, 1.82) is 0 Å². The molecule has 5 nitrogen and oxygen atoms in total. The van der Waals surface area contributed by atoms with Gasteiger partial charge in [0.1, 0.15) is 0 Å². The van der Waals surface area contributed by atoms with Gasteiger partial charge < -0.3 is 10.6 Å². The highest BCUT2D eigenvalue weighted by atomic mass is 15.3. The first-order chi connectivity index (χ1) is 12.1. The van der Waals surface area contributed by atoms with Gasteiger partial charge in [-0.25, -0.2) is 0 Å². The number of hydrogen-bond donors (Lipinski definition) is 2. The zero-order valence-corrected chi connectivity index (χ0v) is 14.8. The van der Waals surface area contributed by atoms with Crippen molar-refractivity contribution in [2.75, 3.05) is 10.6 Å². The molecule has 1 heterocycles. The fourth-order valence-electron chi connectivity index (χ4n) is 2.52. The van der Waals surface area contributed by atoms with E-state index in [4.69, 9.17) is 0 Å². The monoisotopic (exact) mass is 333 g/mol. The summed E-state index contributed by atoms with van der Waals surface area (Å²) in [7, 11) is 0. The van der Waals surface area contributed by atoms with Crippen molar-refractivity contribution < 1.29 is 0 Å². The maximum absolute atomic E-state index is 4.47. The van der Waals surface area contributed by atoms with Gasteiger partial charge in [-0.2, -0.15) is 10.1 Å². The van der Waals surface area contributed by atoms with Crippen LogP contribution in [0.2, 0.25) is 0 Å². The maximum Gasteiger partial charge on any atom is 0.249 e. The summed E-state index contributed by atoms with van der Waals surface area (Å²) < 4.78 is 0. The summed E-state index contributed by atoms with van der Waals surface area (Å²) in [5.41, 5.74) is 4.74. The first kappa shape index (κ1) is 16.9. The lowest BCUT2D eigenvalue weighted by molar-refractivity contribution is 0.867. The van der Waals surface area contributed by atoms with Crippen molar-refractivity contribution in [3.63, 3.8) is 0 Å². The van der Waals surface area contributed by atoms with Gasteiger partial charge in [-0.1, -0.05) is 50.2 Å². The highest BCUT2D eigenvalue weighted by molar-refractivity contribution is 5.54. The average molecular weight is 333 g/mol. The zero-order valence-electron chi connectivity index (χ0n) is 14.8. The second kappa shape index (κ2) is 7.75. The molecule has 3 rings (SSSR count). The standard InChI is InChI=1S/C20H23N5/c1-14(2)16-8-10-18(11-9-16)23-20-24-19(13-22-25-20)21-12-17-7-5-4-6-15(17)3/h4-11,13-14H,12H2,1-3H3,(H2,21,23,24,25). The Balaban J connectivity index is 1.66. The molecular weight excluding hydrogens is 310 g/mol. The van der Waals surface area contributed by atoms with Gasteiger partial charge in [0, 0.05) is 12.2 Å². The molecule has 1 aromatic heterocycles. The van der Waals surface area contributed by atoms with E-state index >= 15 is 0 Å². The largest absolute Gasteiger partial charge is 0.365 e. The Morgan fingerprint density at radius 3 is 2.48 bits per heavy atom. The van der Waals surface area contributed by atoms with Crippen LogP contribution in [-0.4, -0.2) is 15.2 Å². The van der Waals surface area contributed by atoms with Crippen LogP contribution < -0.4 is 10.6 Å². The Kier molecular flexibility index (Phi) is 5.23. The summed E-state index contributed by atoms with van der Waals surface area (Å²) >= 11 is 0. The van der Waals surface area contributed by atoms with E-state index in [9.17, 15) is 0 Å². The van der Waals surface area contributed by atoms with E-state index in [-0.39, 0.29) is 0 Å². The summed E-state index contributed by atoms with van der Waals surface area (Å²) in [5.74, 6) is 1.69. The molecule has 0 aliphatic rings. The minimum Gasteiger partial charge on any atom is -0.365 e. The van der Waals surface area contributed by atoms with Gasteiger partial charge in [0.05, 0.1) is 6.20 Å². The smallest absolute Gasteiger partial charge is 0.249 e. The Labute approximate surface area is 148 Å². The number of aryl methyl sites for hydroxylation is 1. The van der Waals surface area contributed by atoms with E-state index in [2.05, 4.69) is 70.9 Å². The van der Waals surface area contributed by atoms with E-state index in [1.807, 2.05) is 24.3 Å². The second-order valence-electron chi connectivity index (χ2n) is 6.35. The topological polar surface area (TPSA) is 62.7 Å². The number of anilines is 3. The van der Waals surface area contributed by atoms with E-state index in [0.717, 1.165) is 5.69 Å². The van der Waals surface area contributed by atoms with Crippen molar-refractivity contribution in [3.8, 4) is 0 Å². The minimum atomic E-state index is 0.479. The highest BCUT2D eigenvalue weighted by Gasteiger charge is 2.04. The molecule has 0 unspecified atom stereocenters. The molecule has 0 amide bonds. The molecular formula is C20H23N5. The van der Waals surface area contributed by atoms with Gasteiger partial charge in [-0.3, -0.25) is 0 Å². The molecule has 0 fully saturated rings. The lowest BCUT2D eigenvalue weighted by Gasteiger charge is -2.10. The highest BCUT2D eigenvalue weighted by Crippen LogP contribution is 2.19. The van der Waals surface area contributed by atoms with Crippen molar-refractivity contribution in [2.45, 2.75) is 33.2 Å². The SMILES string of the molecule is Cc1ccccc1CNc1cnnc(Nc2ccc(C(C)C)cc2)n1. The Hall–Kier alpha value is -2.95. The minimum absolute atomic E-state index is 0.479. The number of benzene rings is 2. The summed E-state index contributed by atoms with van der Waals surface area (Å²) in [5, 5.41) is 14.6. The van der Waals surface area contributed by atoms with Crippen LogP contribution in [0.25, 0.3) is 0 Å². The number of nitrogens with zero attached hydrogens (tertiary/aromatic N) is 3. The molecule has 0 spiro atoms. The molecule has 0 aliphatic heterocycles. The number of hydrogen-bond acceptors (Lipinski definition) is 5. The van der Waals surface area contributed by atoms with Crippen LogP contribution in [0.3, 0.4) is 0 Å². The molecule has 5 heteroatoms. The number of rotatable bonds is 6. The third-order valence-electron chi connectivity index (χ3n) is 4.11. The van der Waals surface area contributed by atoms with Gasteiger partial charge in [0.15, 0.2) is 5.82 Å². The third-order valence-corrected chi connectivity index (χ3v) is 4.11. The maximum atomic E-state index is 4.47. The zero-order chi connectivity index (χ0) is 17.6. The van der Waals surface area contributed by atoms with Crippen LogP contribution in [0.15, 0.2) is 54.7 Å². The predicted octanol–water partition coefficient (Wildman–Crippen LogP) is 4.66. The fraction of sp³-hybridized carbons (Fsp3) is 0.250. The Morgan fingerprint density at radius 1 is 1.00 bits per heavy atom. The number of nitrogens with one attached hydrogen (secondary N) is 2. The van der Waals surface area contributed by atoms with Crippen molar-refractivity contribution in [3.05, 3.63) is 71.4 Å². The normalized spacial score (nSPS) is 10.7. The average Bonchev–Trinajstić information content (AvgIpc) is 2.62. The van der Waals surface area contributed by atoms with Crippen LogP contribution >= 0.6 is 0 Å². The van der Waals surface area contributed by atoms with Gasteiger partial charge in [-0.05, 0) is 41.7 Å². The van der Waals surface area contributed by atoms with Crippen molar-refractivity contribution in [2.24, 2.45) is 0 Å².